The fourth-order valence-corrected chi connectivity index (χ4v) is 10.3. The first-order chi connectivity index (χ1) is 41.4. The van der Waals surface area contributed by atoms with Crippen LogP contribution in [0.25, 0.3) is 99.4 Å². The van der Waals surface area contributed by atoms with E-state index in [2.05, 4.69) is 0 Å². The second-order valence-corrected chi connectivity index (χ2v) is 20.5. The predicted molar refractivity (Wildman–Crippen MR) is 283 cm³/mol. The maximum Gasteiger partial charge on any atom is 0.416 e. The summed E-state index contributed by atoms with van der Waals surface area (Å²) in [6.07, 6.45) is -44.1. The average Bonchev–Trinajstić information content (AvgIpc) is 0.750. The lowest BCUT2D eigenvalue weighted by Gasteiger charge is -2.21. The van der Waals surface area contributed by atoms with E-state index in [4.69, 9.17) is 0 Å². The second-order valence-electron chi connectivity index (χ2n) is 20.5. The monoisotopic (exact) mass is 1290 g/mol. The Labute approximate surface area is 489 Å². The van der Waals surface area contributed by atoms with E-state index in [9.17, 15) is 116 Å². The number of phenols is 2. The molecule has 0 spiro atoms. The van der Waals surface area contributed by atoms with Crippen molar-refractivity contribution in [2.45, 2.75) is 49.4 Å². The van der Waals surface area contributed by atoms with Gasteiger partial charge in [-0.3, -0.25) is 0 Å². The van der Waals surface area contributed by atoms with Crippen LogP contribution >= 0.6 is 0 Å². The van der Waals surface area contributed by atoms with E-state index in [1.54, 1.807) is 0 Å². The van der Waals surface area contributed by atoms with Crippen LogP contribution in [0.3, 0.4) is 0 Å². The van der Waals surface area contributed by atoms with Crippen LogP contribution < -0.4 is 0 Å². The van der Waals surface area contributed by atoms with Crippen LogP contribution in [0.1, 0.15) is 44.5 Å². The summed E-state index contributed by atoms with van der Waals surface area (Å²) in [5.41, 5.74) is -25.5. The third-order valence-electron chi connectivity index (χ3n) is 14.5. The Morgan fingerprint density at radius 2 is 0.378 bits per heavy atom. The van der Waals surface area contributed by atoms with Gasteiger partial charge in [0.05, 0.1) is 44.5 Å². The minimum atomic E-state index is -5.52. The largest absolute Gasteiger partial charge is 0.507 e. The van der Waals surface area contributed by atoms with Gasteiger partial charge in [-0.1, -0.05) is 48.5 Å². The first-order valence-electron chi connectivity index (χ1n) is 25.4. The van der Waals surface area contributed by atoms with Crippen molar-refractivity contribution in [1.29, 1.82) is 0 Å². The fourth-order valence-electron chi connectivity index (χ4n) is 10.3. The molecule has 0 aliphatic heterocycles. The van der Waals surface area contributed by atoms with Gasteiger partial charge in [0, 0.05) is 22.3 Å². The molecular weight excluding hydrogens is 1260 g/mol. The number of hydrogen-bond acceptors (Lipinski definition) is 2. The molecule has 0 amide bonds. The molecule has 0 bridgehead atoms. The molecular formula is C64H30F24O2. The molecule has 10 aromatic rings. The second kappa shape index (κ2) is 21.7. The molecule has 0 aliphatic carbocycles. The average molecular weight is 1290 g/mol. The Morgan fingerprint density at radius 1 is 0.200 bits per heavy atom. The lowest BCUT2D eigenvalue weighted by atomic mass is 9.84. The van der Waals surface area contributed by atoms with E-state index < -0.39 is 183 Å². The molecule has 0 aliphatic rings. The van der Waals surface area contributed by atoms with Crippen molar-refractivity contribution >= 4 is 21.5 Å². The van der Waals surface area contributed by atoms with Crippen LogP contribution in [0.5, 0.6) is 11.5 Å². The molecule has 10 rings (SSSR count). The molecule has 0 aromatic heterocycles. The number of rotatable bonds is 7. The van der Waals surface area contributed by atoms with Gasteiger partial charge in [-0.15, -0.1) is 0 Å². The third-order valence-corrected chi connectivity index (χ3v) is 14.5. The van der Waals surface area contributed by atoms with Crippen LogP contribution in [-0.4, -0.2) is 10.2 Å². The van der Waals surface area contributed by atoms with Gasteiger partial charge >= 0.3 is 49.4 Å². The Hall–Kier alpha value is -9.36. The van der Waals surface area contributed by atoms with Gasteiger partial charge in [0.1, 0.15) is 11.5 Å². The van der Waals surface area contributed by atoms with Gasteiger partial charge in [0.25, 0.3) is 0 Å². The zero-order chi connectivity index (χ0) is 66.0. The van der Waals surface area contributed by atoms with Crippen LogP contribution in [0.15, 0.2) is 170 Å². The molecule has 2 nitrogen and oxygen atoms in total. The van der Waals surface area contributed by atoms with Crippen LogP contribution in [0, 0.1) is 0 Å². The first-order valence-corrected chi connectivity index (χ1v) is 25.4. The van der Waals surface area contributed by atoms with Gasteiger partial charge < -0.3 is 10.2 Å². The van der Waals surface area contributed by atoms with Gasteiger partial charge in [-0.25, -0.2) is 0 Å². The highest BCUT2D eigenvalue weighted by molar-refractivity contribution is 6.14. The normalized spacial score (nSPS) is 13.2. The quantitative estimate of drug-likeness (QED) is 0.156. The maximum absolute atomic E-state index is 14.4. The number of fused-ring (bicyclic) bond motifs is 2. The summed E-state index contributed by atoms with van der Waals surface area (Å²) in [6.45, 7) is 0. The minimum absolute atomic E-state index is 0.00250. The van der Waals surface area contributed by atoms with E-state index >= 15 is 0 Å². The third kappa shape index (κ3) is 12.8. The smallest absolute Gasteiger partial charge is 0.416 e. The fraction of sp³-hybridized carbons (Fsp3) is 0.125. The van der Waals surface area contributed by atoms with Crippen molar-refractivity contribution in [1.82, 2.24) is 0 Å². The molecule has 26 heteroatoms. The van der Waals surface area contributed by atoms with Crippen molar-refractivity contribution < 1.29 is 116 Å². The molecule has 0 heterocycles. The van der Waals surface area contributed by atoms with E-state index in [-0.39, 0.29) is 94.3 Å². The zero-order valence-corrected chi connectivity index (χ0v) is 44.1. The van der Waals surface area contributed by atoms with E-state index in [0.717, 1.165) is 36.4 Å². The molecule has 2 N–H and O–H groups in total. The Balaban J connectivity index is 1.31. The molecule has 0 radical (unpaired) electrons. The number of halogens is 24. The summed E-state index contributed by atoms with van der Waals surface area (Å²) in [4.78, 5) is 0. The summed E-state index contributed by atoms with van der Waals surface area (Å²) in [7, 11) is 0. The molecule has 0 saturated heterocycles. The Morgan fingerprint density at radius 3 is 0.578 bits per heavy atom. The summed E-state index contributed by atoms with van der Waals surface area (Å²) < 4.78 is 345. The van der Waals surface area contributed by atoms with Gasteiger partial charge in [-0.2, -0.15) is 105 Å². The van der Waals surface area contributed by atoms with Crippen molar-refractivity contribution in [3.05, 3.63) is 214 Å². The van der Waals surface area contributed by atoms with Gasteiger partial charge in [0.15, 0.2) is 0 Å². The molecule has 466 valence electrons. The molecule has 0 fully saturated rings. The SMILES string of the molecule is Oc1c(-c2cc(-c3cc(C(F)(F)F)cc(C(F)(F)F)c3)cc(-c3cc(C(F)(F)F)cc(C(F)(F)F)c3)c2)cc2ccccc2c1-c1c(O)c(-c2cc(-c3cc(C(F)(F)F)cc(C(F)(F)F)c3)cc(-c3cc(C(F)(F)F)cc(C(F)(F)F)c3)c2)cc2ccccc12. The standard InChI is InChI=1S/C64H30F24O2/c65-57(66,67)41-15-35(16-42(25-41)58(68,69)70)31-9-32(36-17-43(59(71,72)73)26-44(18-36)60(74,75)76)12-39(11-31)51-23-29-5-1-3-7-49(29)53(55(51)89)54-50-8-4-2-6-30(50)24-52(56(54)90)40-13-33(37-19-45(61(77,78)79)27-46(20-37)62(80,81)82)10-34(14-40)38-21-47(63(83,84)85)28-48(22-38)64(86,87)88/h1-28,89-90H. The van der Waals surface area contributed by atoms with Crippen LogP contribution in [-0.2, 0) is 49.4 Å². The number of phenolic OH excluding ortho intramolecular Hbond substituents is 2. The topological polar surface area (TPSA) is 40.5 Å². The number of aromatic hydroxyl groups is 2. The highest BCUT2D eigenvalue weighted by Crippen LogP contribution is 2.54. The predicted octanol–water partition coefficient (Wildman–Crippen LogP) is 23.2. The zero-order valence-electron chi connectivity index (χ0n) is 44.1. The molecule has 0 unspecified atom stereocenters. The summed E-state index contributed by atoms with van der Waals surface area (Å²) in [6, 6.07) is 18.0. The first kappa shape index (κ1) is 63.7. The van der Waals surface area contributed by atoms with Crippen LogP contribution in [0.4, 0.5) is 105 Å². The molecule has 10 aromatic carbocycles. The Kier molecular flexibility index (Phi) is 15.3. The lowest BCUT2D eigenvalue weighted by Crippen LogP contribution is -2.11. The number of hydrogen-bond donors (Lipinski definition) is 2. The summed E-state index contributed by atoms with van der Waals surface area (Å²) in [5, 5.41) is 25.5. The van der Waals surface area contributed by atoms with Crippen molar-refractivity contribution in [2.75, 3.05) is 0 Å². The van der Waals surface area contributed by atoms with Crippen molar-refractivity contribution in [3.8, 4) is 89.4 Å². The maximum atomic E-state index is 14.4. The van der Waals surface area contributed by atoms with E-state index in [0.29, 0.717) is 12.1 Å². The van der Waals surface area contributed by atoms with Gasteiger partial charge in [0.2, 0.25) is 0 Å². The molecule has 0 saturated carbocycles. The van der Waals surface area contributed by atoms with Crippen molar-refractivity contribution in [2.24, 2.45) is 0 Å². The van der Waals surface area contributed by atoms with Crippen LogP contribution in [0.2, 0.25) is 0 Å². The highest BCUT2D eigenvalue weighted by atomic mass is 19.4. The minimum Gasteiger partial charge on any atom is -0.507 e. The molecule has 0 atom stereocenters. The van der Waals surface area contributed by atoms with E-state index in [1.165, 1.54) is 48.5 Å². The van der Waals surface area contributed by atoms with E-state index in [1.807, 2.05) is 0 Å². The highest BCUT2D eigenvalue weighted by Gasteiger charge is 2.42. The Bertz CT molecular complexity index is 3890. The van der Waals surface area contributed by atoms with Crippen molar-refractivity contribution in [3.63, 3.8) is 0 Å². The summed E-state index contributed by atoms with van der Waals surface area (Å²) in [5.74, 6) is -2.06. The number of alkyl halides is 24. The van der Waals surface area contributed by atoms with Gasteiger partial charge in [-0.05, 0) is 199 Å². The number of benzene rings is 10. The summed E-state index contributed by atoms with van der Waals surface area (Å²) >= 11 is 0. The lowest BCUT2D eigenvalue weighted by molar-refractivity contribution is -0.144. The molecule has 90 heavy (non-hydrogen) atoms.